The van der Waals surface area contributed by atoms with Crippen LogP contribution in [-0.4, -0.2) is 26.9 Å². The smallest absolute Gasteiger partial charge is 0.268 e. The molecular formula is C21H24N4O3S. The fourth-order valence-electron chi connectivity index (χ4n) is 3.67. The second kappa shape index (κ2) is 7.94. The molecule has 0 spiro atoms. The second-order valence-corrected chi connectivity index (χ2v) is 8.89. The van der Waals surface area contributed by atoms with Crippen LogP contribution in [0.1, 0.15) is 49.2 Å². The van der Waals surface area contributed by atoms with Gasteiger partial charge in [0.25, 0.3) is 5.56 Å². The van der Waals surface area contributed by atoms with E-state index >= 15 is 0 Å². The van der Waals surface area contributed by atoms with Crippen molar-refractivity contribution in [1.29, 1.82) is 0 Å². The molecule has 0 bridgehead atoms. The van der Waals surface area contributed by atoms with E-state index in [-0.39, 0.29) is 17.5 Å². The minimum Gasteiger partial charge on any atom is -0.356 e. The van der Waals surface area contributed by atoms with Crippen molar-refractivity contribution in [2.75, 3.05) is 0 Å². The van der Waals surface area contributed by atoms with Crippen LogP contribution in [0.4, 0.5) is 0 Å². The number of amides is 1. The Morgan fingerprint density at radius 3 is 2.66 bits per heavy atom. The minimum absolute atomic E-state index is 0.178. The molecule has 3 aromatic heterocycles. The van der Waals surface area contributed by atoms with E-state index in [1.807, 2.05) is 26.0 Å². The predicted octanol–water partition coefficient (Wildman–Crippen LogP) is 3.86. The van der Waals surface area contributed by atoms with Crippen LogP contribution >= 0.6 is 11.3 Å². The van der Waals surface area contributed by atoms with Crippen molar-refractivity contribution in [3.8, 4) is 21.9 Å². The molecular weight excluding hydrogens is 388 g/mol. The van der Waals surface area contributed by atoms with Crippen LogP contribution < -0.4 is 10.9 Å². The summed E-state index contributed by atoms with van der Waals surface area (Å²) >= 11 is 1.58. The summed E-state index contributed by atoms with van der Waals surface area (Å²) in [6.07, 6.45) is 4.24. The summed E-state index contributed by atoms with van der Waals surface area (Å²) in [7, 11) is 0. The highest BCUT2D eigenvalue weighted by molar-refractivity contribution is 7.15. The average molecular weight is 413 g/mol. The van der Waals surface area contributed by atoms with E-state index in [1.165, 1.54) is 10.7 Å². The van der Waals surface area contributed by atoms with Gasteiger partial charge in [-0.25, -0.2) is 4.68 Å². The molecule has 0 saturated heterocycles. The summed E-state index contributed by atoms with van der Waals surface area (Å²) in [5, 5.41) is 11.6. The average Bonchev–Trinajstić information content (AvgIpc) is 3.44. The standard InChI is InChI=1S/C21H24N4O3S/c1-12-10-17(28-24-12)16-11-19(26)25(23-20(16)18-9-8-13(2)29-18)14(3)21(27)22-15-6-4-5-7-15/h8-11,14-15H,4-7H2,1-3H3,(H,22,27). The number of carbonyl (C=O) groups excluding carboxylic acids is 1. The molecule has 1 atom stereocenters. The third-order valence-electron chi connectivity index (χ3n) is 5.27. The Kier molecular flexibility index (Phi) is 5.36. The van der Waals surface area contributed by atoms with Gasteiger partial charge in [0.15, 0.2) is 5.76 Å². The molecule has 3 heterocycles. The molecule has 1 aliphatic rings. The summed E-state index contributed by atoms with van der Waals surface area (Å²) in [6, 6.07) is 6.72. The minimum atomic E-state index is -0.701. The number of aryl methyl sites for hydroxylation is 2. The highest BCUT2D eigenvalue weighted by Gasteiger charge is 2.25. The van der Waals surface area contributed by atoms with Gasteiger partial charge in [-0.2, -0.15) is 5.10 Å². The van der Waals surface area contributed by atoms with Crippen LogP contribution in [0.3, 0.4) is 0 Å². The Labute approximate surface area is 172 Å². The summed E-state index contributed by atoms with van der Waals surface area (Å²) in [5.74, 6) is 0.312. The van der Waals surface area contributed by atoms with Gasteiger partial charge in [0.2, 0.25) is 5.91 Å². The molecule has 4 rings (SSSR count). The van der Waals surface area contributed by atoms with E-state index in [1.54, 1.807) is 24.3 Å². The predicted molar refractivity (Wildman–Crippen MR) is 112 cm³/mol. The lowest BCUT2D eigenvalue weighted by Crippen LogP contribution is -2.41. The lowest BCUT2D eigenvalue weighted by atomic mass is 10.1. The van der Waals surface area contributed by atoms with Crippen molar-refractivity contribution in [1.82, 2.24) is 20.3 Å². The molecule has 0 radical (unpaired) electrons. The van der Waals surface area contributed by atoms with Gasteiger partial charge in [0, 0.05) is 23.1 Å². The van der Waals surface area contributed by atoms with E-state index in [4.69, 9.17) is 4.52 Å². The maximum absolute atomic E-state index is 12.9. The van der Waals surface area contributed by atoms with Gasteiger partial charge in [-0.05, 0) is 45.7 Å². The maximum Gasteiger partial charge on any atom is 0.268 e. The number of nitrogens with zero attached hydrogens (tertiary/aromatic N) is 3. The Hall–Kier alpha value is -2.74. The van der Waals surface area contributed by atoms with E-state index < -0.39 is 6.04 Å². The monoisotopic (exact) mass is 412 g/mol. The van der Waals surface area contributed by atoms with Crippen LogP contribution in [0, 0.1) is 13.8 Å². The Bertz CT molecular complexity index is 1090. The molecule has 1 fully saturated rings. The number of hydrogen-bond donors (Lipinski definition) is 1. The first-order chi connectivity index (χ1) is 13.9. The summed E-state index contributed by atoms with van der Waals surface area (Å²) < 4.78 is 6.66. The van der Waals surface area contributed by atoms with Crippen LogP contribution in [-0.2, 0) is 4.79 Å². The Balaban J connectivity index is 1.75. The molecule has 0 aromatic carbocycles. The zero-order valence-electron chi connectivity index (χ0n) is 16.8. The Morgan fingerprint density at radius 2 is 2.03 bits per heavy atom. The van der Waals surface area contributed by atoms with E-state index in [2.05, 4.69) is 15.6 Å². The first kappa shape index (κ1) is 19.6. The number of thiophene rings is 1. The number of hydrogen-bond acceptors (Lipinski definition) is 6. The molecule has 0 aliphatic heterocycles. The lowest BCUT2D eigenvalue weighted by Gasteiger charge is -2.18. The van der Waals surface area contributed by atoms with Gasteiger partial charge in [0.05, 0.1) is 16.1 Å². The van der Waals surface area contributed by atoms with Crippen molar-refractivity contribution >= 4 is 17.2 Å². The first-order valence-electron chi connectivity index (χ1n) is 9.87. The number of carbonyl (C=O) groups is 1. The SMILES string of the molecule is Cc1cc(-c2cc(=O)n(C(C)C(=O)NC3CCCC3)nc2-c2ccc(C)s2)on1. The summed E-state index contributed by atoms with van der Waals surface area (Å²) in [5.41, 5.74) is 1.57. The molecule has 152 valence electrons. The zero-order valence-corrected chi connectivity index (χ0v) is 17.6. The van der Waals surface area contributed by atoms with Crippen molar-refractivity contribution < 1.29 is 9.32 Å². The third kappa shape index (κ3) is 4.03. The van der Waals surface area contributed by atoms with E-state index in [0.717, 1.165) is 41.1 Å². The van der Waals surface area contributed by atoms with Crippen molar-refractivity contribution in [3.63, 3.8) is 0 Å². The topological polar surface area (TPSA) is 90.0 Å². The van der Waals surface area contributed by atoms with Gasteiger partial charge in [-0.1, -0.05) is 18.0 Å². The second-order valence-electron chi connectivity index (χ2n) is 7.60. The highest BCUT2D eigenvalue weighted by atomic mass is 32.1. The van der Waals surface area contributed by atoms with Gasteiger partial charge in [-0.3, -0.25) is 9.59 Å². The molecule has 1 unspecified atom stereocenters. The third-order valence-corrected chi connectivity index (χ3v) is 6.28. The molecule has 1 saturated carbocycles. The molecule has 7 nitrogen and oxygen atoms in total. The summed E-state index contributed by atoms with van der Waals surface area (Å²) in [6.45, 7) is 5.55. The molecule has 29 heavy (non-hydrogen) atoms. The molecule has 3 aromatic rings. The number of nitrogens with one attached hydrogen (secondary N) is 1. The van der Waals surface area contributed by atoms with Crippen LogP contribution in [0.2, 0.25) is 0 Å². The van der Waals surface area contributed by atoms with Crippen LogP contribution in [0.15, 0.2) is 33.6 Å². The van der Waals surface area contributed by atoms with E-state index in [9.17, 15) is 9.59 Å². The lowest BCUT2D eigenvalue weighted by molar-refractivity contribution is -0.124. The molecule has 1 N–H and O–H groups in total. The normalized spacial score (nSPS) is 15.6. The number of rotatable bonds is 5. The largest absolute Gasteiger partial charge is 0.356 e. The van der Waals surface area contributed by atoms with Gasteiger partial charge in [-0.15, -0.1) is 11.3 Å². The number of aromatic nitrogens is 3. The fraction of sp³-hybridized carbons (Fsp3) is 0.429. The van der Waals surface area contributed by atoms with E-state index in [0.29, 0.717) is 17.0 Å². The van der Waals surface area contributed by atoms with Crippen molar-refractivity contribution in [3.05, 3.63) is 45.2 Å². The van der Waals surface area contributed by atoms with Gasteiger partial charge < -0.3 is 9.84 Å². The molecule has 8 heteroatoms. The highest BCUT2D eigenvalue weighted by Crippen LogP contribution is 2.34. The van der Waals surface area contributed by atoms with Crippen molar-refractivity contribution in [2.24, 2.45) is 0 Å². The fourth-order valence-corrected chi connectivity index (χ4v) is 4.54. The van der Waals surface area contributed by atoms with Crippen LogP contribution in [0.5, 0.6) is 0 Å². The van der Waals surface area contributed by atoms with Gasteiger partial charge in [0.1, 0.15) is 11.7 Å². The van der Waals surface area contributed by atoms with Crippen LogP contribution in [0.25, 0.3) is 21.9 Å². The summed E-state index contributed by atoms with van der Waals surface area (Å²) in [4.78, 5) is 27.6. The quantitative estimate of drug-likeness (QED) is 0.687. The molecule has 1 amide bonds. The van der Waals surface area contributed by atoms with Gasteiger partial charge >= 0.3 is 0 Å². The van der Waals surface area contributed by atoms with Crippen molar-refractivity contribution in [2.45, 2.75) is 58.5 Å². The maximum atomic E-state index is 12.9. The first-order valence-corrected chi connectivity index (χ1v) is 10.7. The zero-order chi connectivity index (χ0) is 20.5. The molecule has 1 aliphatic carbocycles. The Morgan fingerprint density at radius 1 is 1.28 bits per heavy atom.